The second kappa shape index (κ2) is 10.0. The maximum absolute atomic E-state index is 13.5. The van der Waals surface area contributed by atoms with Gasteiger partial charge in [0.15, 0.2) is 0 Å². The summed E-state index contributed by atoms with van der Waals surface area (Å²) in [4.78, 5) is 25.5. The molecule has 0 aliphatic rings. The molecule has 0 radical (unpaired) electrons. The number of fused-ring (bicyclic) bond motifs is 1. The topological polar surface area (TPSA) is 83.4 Å². The van der Waals surface area contributed by atoms with Crippen molar-refractivity contribution in [3.63, 3.8) is 0 Å². The fraction of sp³-hybridized carbons (Fsp3) is 0.214. The average Bonchev–Trinajstić information content (AvgIpc) is 3.26. The van der Waals surface area contributed by atoms with Crippen LogP contribution in [0.5, 0.6) is 0 Å². The number of hydrogen-bond donors (Lipinski definition) is 3. The van der Waals surface area contributed by atoms with E-state index in [-0.39, 0.29) is 17.0 Å². The van der Waals surface area contributed by atoms with Crippen molar-refractivity contribution in [3.05, 3.63) is 77.1 Å². The lowest BCUT2D eigenvalue weighted by Gasteiger charge is -2.15. The predicted molar refractivity (Wildman–Crippen MR) is 138 cm³/mol. The third-order valence-electron chi connectivity index (χ3n) is 6.02. The SMILES string of the molecule is CNC(=O)c1c(-c2ccc(F)cc2)oc2c(C)c(NC)c(-c3cccc(C(=O)NCC(C)(F)F)c3)cc12. The van der Waals surface area contributed by atoms with Crippen LogP contribution in [0.15, 0.2) is 59.0 Å². The summed E-state index contributed by atoms with van der Waals surface area (Å²) in [5.41, 5.74) is 4.25. The second-order valence-corrected chi connectivity index (χ2v) is 8.78. The van der Waals surface area contributed by atoms with Crippen molar-refractivity contribution in [3.8, 4) is 22.5 Å². The van der Waals surface area contributed by atoms with Gasteiger partial charge in [-0.3, -0.25) is 9.59 Å². The molecule has 6 nitrogen and oxygen atoms in total. The summed E-state index contributed by atoms with van der Waals surface area (Å²) >= 11 is 0. The van der Waals surface area contributed by atoms with Crippen LogP contribution in [-0.4, -0.2) is 38.4 Å². The summed E-state index contributed by atoms with van der Waals surface area (Å²) in [6.07, 6.45) is 0. The van der Waals surface area contributed by atoms with Crippen molar-refractivity contribution < 1.29 is 27.2 Å². The summed E-state index contributed by atoms with van der Waals surface area (Å²) in [7, 11) is 3.24. The van der Waals surface area contributed by atoms with E-state index in [2.05, 4.69) is 16.0 Å². The number of nitrogens with one attached hydrogen (secondary N) is 3. The van der Waals surface area contributed by atoms with Gasteiger partial charge in [-0.15, -0.1) is 0 Å². The smallest absolute Gasteiger partial charge is 0.262 e. The van der Waals surface area contributed by atoms with Crippen LogP contribution in [0.1, 0.15) is 33.2 Å². The van der Waals surface area contributed by atoms with Gasteiger partial charge >= 0.3 is 0 Å². The summed E-state index contributed by atoms with van der Waals surface area (Å²) in [6.45, 7) is 1.79. The quantitative estimate of drug-likeness (QED) is 0.285. The van der Waals surface area contributed by atoms with Gasteiger partial charge in [0.2, 0.25) is 0 Å². The molecule has 0 saturated carbocycles. The third-order valence-corrected chi connectivity index (χ3v) is 6.02. The first-order valence-corrected chi connectivity index (χ1v) is 11.6. The van der Waals surface area contributed by atoms with Crippen LogP contribution < -0.4 is 16.0 Å². The van der Waals surface area contributed by atoms with Gasteiger partial charge in [-0.2, -0.15) is 0 Å². The summed E-state index contributed by atoms with van der Waals surface area (Å²) in [5.74, 6) is -4.15. The number of alkyl halides is 2. The first-order valence-electron chi connectivity index (χ1n) is 11.6. The van der Waals surface area contributed by atoms with Crippen molar-refractivity contribution in [2.75, 3.05) is 26.0 Å². The first kappa shape index (κ1) is 25.8. The molecule has 0 bridgehead atoms. The van der Waals surface area contributed by atoms with Crippen LogP contribution in [0.4, 0.5) is 18.9 Å². The molecule has 0 saturated heterocycles. The van der Waals surface area contributed by atoms with Crippen molar-refractivity contribution in [2.24, 2.45) is 0 Å². The molecule has 0 atom stereocenters. The minimum Gasteiger partial charge on any atom is -0.455 e. The van der Waals surface area contributed by atoms with Gasteiger partial charge in [0, 0.05) is 54.3 Å². The fourth-order valence-electron chi connectivity index (χ4n) is 4.26. The summed E-state index contributed by atoms with van der Waals surface area (Å²) in [5, 5.41) is 8.57. The van der Waals surface area contributed by atoms with Crippen LogP contribution >= 0.6 is 0 Å². The van der Waals surface area contributed by atoms with E-state index in [0.29, 0.717) is 44.7 Å². The van der Waals surface area contributed by atoms with Crippen LogP contribution in [0.3, 0.4) is 0 Å². The van der Waals surface area contributed by atoms with E-state index in [0.717, 1.165) is 6.92 Å². The molecule has 0 spiro atoms. The van der Waals surface area contributed by atoms with Crippen LogP contribution in [0.2, 0.25) is 0 Å². The Balaban J connectivity index is 1.90. The van der Waals surface area contributed by atoms with E-state index < -0.39 is 24.2 Å². The molecule has 192 valence electrons. The van der Waals surface area contributed by atoms with E-state index in [9.17, 15) is 22.8 Å². The number of aryl methyl sites for hydroxylation is 1. The van der Waals surface area contributed by atoms with Crippen molar-refractivity contribution in [1.82, 2.24) is 10.6 Å². The Morgan fingerprint density at radius 3 is 2.30 bits per heavy atom. The molecular weight excluding hydrogens is 483 g/mol. The Kier molecular flexibility index (Phi) is 6.98. The van der Waals surface area contributed by atoms with Gasteiger partial charge in [-0.05, 0) is 55.0 Å². The summed E-state index contributed by atoms with van der Waals surface area (Å²) < 4.78 is 46.2. The fourth-order valence-corrected chi connectivity index (χ4v) is 4.26. The second-order valence-electron chi connectivity index (χ2n) is 8.78. The van der Waals surface area contributed by atoms with Crippen molar-refractivity contribution in [2.45, 2.75) is 19.8 Å². The van der Waals surface area contributed by atoms with Crippen molar-refractivity contribution in [1.29, 1.82) is 0 Å². The number of anilines is 1. The highest BCUT2D eigenvalue weighted by atomic mass is 19.3. The van der Waals surface area contributed by atoms with Gasteiger partial charge in [-0.25, -0.2) is 13.2 Å². The molecule has 37 heavy (non-hydrogen) atoms. The number of furan rings is 1. The predicted octanol–water partition coefficient (Wildman–Crippen LogP) is 6.00. The zero-order valence-corrected chi connectivity index (χ0v) is 20.8. The Bertz CT molecular complexity index is 1490. The zero-order valence-electron chi connectivity index (χ0n) is 20.8. The lowest BCUT2D eigenvalue weighted by atomic mass is 9.94. The lowest BCUT2D eigenvalue weighted by molar-refractivity contribution is 0.0221. The Labute approximate surface area is 211 Å². The third kappa shape index (κ3) is 5.16. The molecule has 0 aliphatic heterocycles. The van der Waals surface area contributed by atoms with Gasteiger partial charge in [-0.1, -0.05) is 12.1 Å². The highest BCUT2D eigenvalue weighted by Gasteiger charge is 2.26. The molecule has 0 fully saturated rings. The van der Waals surface area contributed by atoms with Crippen LogP contribution in [-0.2, 0) is 0 Å². The normalized spacial score (nSPS) is 11.4. The number of amides is 2. The Hall–Kier alpha value is -4.27. The average molecular weight is 510 g/mol. The summed E-state index contributed by atoms with van der Waals surface area (Å²) in [6, 6.07) is 14.0. The van der Waals surface area contributed by atoms with Gasteiger partial charge in [0.1, 0.15) is 17.2 Å². The number of rotatable bonds is 7. The van der Waals surface area contributed by atoms with E-state index in [1.165, 1.54) is 37.4 Å². The minimum absolute atomic E-state index is 0.215. The minimum atomic E-state index is -3.03. The molecule has 2 amide bonds. The number of hydrogen-bond acceptors (Lipinski definition) is 4. The molecule has 4 rings (SSSR count). The molecule has 0 unspecified atom stereocenters. The molecule has 1 aromatic heterocycles. The van der Waals surface area contributed by atoms with Gasteiger partial charge < -0.3 is 20.4 Å². The Morgan fingerprint density at radius 2 is 1.68 bits per heavy atom. The molecule has 1 heterocycles. The molecule has 9 heteroatoms. The maximum atomic E-state index is 13.5. The van der Waals surface area contributed by atoms with Gasteiger partial charge in [0.25, 0.3) is 17.7 Å². The zero-order chi connectivity index (χ0) is 26.9. The first-order chi connectivity index (χ1) is 17.5. The molecule has 4 aromatic rings. The number of halogens is 3. The van der Waals surface area contributed by atoms with E-state index >= 15 is 0 Å². The maximum Gasteiger partial charge on any atom is 0.262 e. The van der Waals surface area contributed by atoms with E-state index in [1.54, 1.807) is 31.3 Å². The molecule has 0 aliphatic carbocycles. The largest absolute Gasteiger partial charge is 0.455 e. The standard InChI is InChI=1S/C28H26F3N3O3/c1-15-23(32-3)20(17-6-5-7-18(12-17)26(35)34-14-28(2,30)31)13-21-22(27(36)33-4)25(37-24(15)21)16-8-10-19(29)11-9-16/h5-13,32H,14H2,1-4H3,(H,33,36)(H,34,35). The lowest BCUT2D eigenvalue weighted by Crippen LogP contribution is -2.34. The van der Waals surface area contributed by atoms with Crippen LogP contribution in [0.25, 0.3) is 33.4 Å². The molecule has 3 aromatic carbocycles. The van der Waals surface area contributed by atoms with E-state index in [4.69, 9.17) is 4.42 Å². The number of carbonyl (C=O) groups excluding carboxylic acids is 2. The monoisotopic (exact) mass is 509 g/mol. The molecular formula is C28H26F3N3O3. The molecule has 3 N–H and O–H groups in total. The number of benzene rings is 3. The number of carbonyl (C=O) groups is 2. The van der Waals surface area contributed by atoms with Crippen molar-refractivity contribution >= 4 is 28.5 Å². The van der Waals surface area contributed by atoms with E-state index in [1.807, 2.05) is 6.92 Å². The highest BCUT2D eigenvalue weighted by molar-refractivity contribution is 6.13. The van der Waals surface area contributed by atoms with Crippen LogP contribution in [0, 0.1) is 12.7 Å². The van der Waals surface area contributed by atoms with Gasteiger partial charge in [0.05, 0.1) is 12.1 Å². The highest BCUT2D eigenvalue weighted by Crippen LogP contribution is 2.42. The Morgan fingerprint density at radius 1 is 0.973 bits per heavy atom.